The minimum Gasteiger partial charge on any atom is -0.508 e. The Kier molecular flexibility index (Phi) is 7.42. The summed E-state index contributed by atoms with van der Waals surface area (Å²) in [6, 6.07) is 20.2. The summed E-state index contributed by atoms with van der Waals surface area (Å²) in [5.41, 5.74) is 4.52. The van der Waals surface area contributed by atoms with Gasteiger partial charge in [-0.2, -0.15) is 0 Å². The van der Waals surface area contributed by atoms with E-state index in [-0.39, 0.29) is 23.4 Å². The van der Waals surface area contributed by atoms with Crippen molar-refractivity contribution in [1.29, 1.82) is 0 Å². The zero-order chi connectivity index (χ0) is 27.7. The second kappa shape index (κ2) is 10.9. The summed E-state index contributed by atoms with van der Waals surface area (Å²) < 4.78 is 5.31. The molecule has 0 spiro atoms. The molecular formula is C32H35N3O4. The largest absolute Gasteiger partial charge is 0.508 e. The van der Waals surface area contributed by atoms with E-state index in [4.69, 9.17) is 9.73 Å². The van der Waals surface area contributed by atoms with Crippen molar-refractivity contribution in [3.05, 3.63) is 77.9 Å². The highest BCUT2D eigenvalue weighted by atomic mass is 16.5. The number of aliphatic imine (C=N–C) groups is 1. The number of hydrogen-bond donors (Lipinski definition) is 1. The standard InChI is InChI=1S/C32H35N3O4/c1-5-34(6-2)23-13-16-25(29(37)19-23)32-31-27(33-26-9-7-8-10-28(26)35(32)20(3)36)17-22(18-30(31)38)21-11-14-24(39-4)15-12-21/h7-16,19,22,31-32,37H,5-6,17-18H2,1-4H3. The molecule has 3 unspecified atom stereocenters. The van der Waals surface area contributed by atoms with Gasteiger partial charge in [0.1, 0.15) is 17.3 Å². The highest BCUT2D eigenvalue weighted by Gasteiger charge is 2.46. The predicted molar refractivity (Wildman–Crippen MR) is 155 cm³/mol. The van der Waals surface area contributed by atoms with Crippen LogP contribution in [0.3, 0.4) is 0 Å². The third-order valence-corrected chi connectivity index (χ3v) is 8.00. The van der Waals surface area contributed by atoms with E-state index in [0.717, 1.165) is 35.8 Å². The molecule has 39 heavy (non-hydrogen) atoms. The van der Waals surface area contributed by atoms with Gasteiger partial charge in [0.15, 0.2) is 0 Å². The zero-order valence-electron chi connectivity index (χ0n) is 22.9. The highest BCUT2D eigenvalue weighted by molar-refractivity contribution is 6.13. The minimum atomic E-state index is -0.708. The fourth-order valence-electron chi connectivity index (χ4n) is 6.06. The van der Waals surface area contributed by atoms with E-state index >= 15 is 0 Å². The topological polar surface area (TPSA) is 82.4 Å². The number of para-hydroxylation sites is 2. The average molecular weight is 526 g/mol. The van der Waals surface area contributed by atoms with Crippen LogP contribution in [0.5, 0.6) is 11.5 Å². The first kappa shape index (κ1) is 26.5. The van der Waals surface area contributed by atoms with E-state index in [1.165, 1.54) is 6.92 Å². The number of Topliss-reactive ketones (excluding diaryl/α,β-unsaturated/α-hetero) is 1. The molecule has 3 aromatic rings. The lowest BCUT2D eigenvalue weighted by Crippen LogP contribution is -2.45. The zero-order valence-corrected chi connectivity index (χ0v) is 22.9. The second-order valence-corrected chi connectivity index (χ2v) is 10.2. The molecule has 1 N–H and O–H groups in total. The Bertz CT molecular complexity index is 1410. The molecule has 0 radical (unpaired) electrons. The molecule has 1 fully saturated rings. The van der Waals surface area contributed by atoms with Crippen LogP contribution in [-0.2, 0) is 9.59 Å². The number of aromatic hydroxyl groups is 1. The average Bonchev–Trinajstić information content (AvgIpc) is 3.08. The first-order valence-corrected chi connectivity index (χ1v) is 13.6. The Hall–Kier alpha value is -4.13. The van der Waals surface area contributed by atoms with Crippen LogP contribution >= 0.6 is 0 Å². The second-order valence-electron chi connectivity index (χ2n) is 10.2. The Balaban J connectivity index is 1.64. The summed E-state index contributed by atoms with van der Waals surface area (Å²) >= 11 is 0. The molecule has 1 heterocycles. The molecule has 1 aliphatic carbocycles. The maximum Gasteiger partial charge on any atom is 0.224 e. The maximum atomic E-state index is 14.0. The number of fused-ring (bicyclic) bond motifs is 2. The molecule has 1 saturated carbocycles. The van der Waals surface area contributed by atoms with Crippen LogP contribution in [0.4, 0.5) is 17.1 Å². The molecule has 0 bridgehead atoms. The monoisotopic (exact) mass is 525 g/mol. The fourth-order valence-corrected chi connectivity index (χ4v) is 6.06. The Morgan fingerprint density at radius 2 is 1.77 bits per heavy atom. The summed E-state index contributed by atoms with van der Waals surface area (Å²) in [4.78, 5) is 36.1. The van der Waals surface area contributed by atoms with Crippen molar-refractivity contribution in [1.82, 2.24) is 0 Å². The smallest absolute Gasteiger partial charge is 0.224 e. The van der Waals surface area contributed by atoms with Crippen LogP contribution in [0.2, 0.25) is 0 Å². The highest BCUT2D eigenvalue weighted by Crippen LogP contribution is 2.49. The number of carbonyl (C=O) groups excluding carboxylic acids is 2. The summed E-state index contributed by atoms with van der Waals surface area (Å²) in [6.45, 7) is 7.24. The van der Waals surface area contributed by atoms with Crippen molar-refractivity contribution in [2.45, 2.75) is 45.6 Å². The van der Waals surface area contributed by atoms with Crippen LogP contribution in [0.1, 0.15) is 56.7 Å². The SMILES string of the molecule is CCN(CC)c1ccc(C2C3C(=O)CC(c4ccc(OC)cc4)CC3=Nc3ccccc3N2C(C)=O)c(O)c1. The van der Waals surface area contributed by atoms with Crippen LogP contribution < -0.4 is 14.5 Å². The number of ketones is 1. The van der Waals surface area contributed by atoms with Gasteiger partial charge in [0.25, 0.3) is 0 Å². The number of methoxy groups -OCH3 is 1. The number of ether oxygens (including phenoxy) is 1. The van der Waals surface area contributed by atoms with Gasteiger partial charge in [-0.3, -0.25) is 14.6 Å². The molecule has 3 aromatic carbocycles. The van der Waals surface area contributed by atoms with Crippen LogP contribution in [0.25, 0.3) is 0 Å². The third kappa shape index (κ3) is 4.89. The quantitative estimate of drug-likeness (QED) is 0.415. The Labute approximate surface area is 229 Å². The fraction of sp³-hybridized carbons (Fsp3) is 0.344. The molecule has 1 aliphatic heterocycles. The lowest BCUT2D eigenvalue weighted by atomic mass is 9.72. The molecule has 2 aliphatic rings. The normalized spacial score (nSPS) is 20.4. The van der Waals surface area contributed by atoms with Gasteiger partial charge < -0.3 is 19.6 Å². The maximum absolute atomic E-state index is 14.0. The number of amides is 1. The molecule has 202 valence electrons. The van der Waals surface area contributed by atoms with Gasteiger partial charge in [-0.1, -0.05) is 30.3 Å². The summed E-state index contributed by atoms with van der Waals surface area (Å²) in [5.74, 6) is -0.0622. The summed E-state index contributed by atoms with van der Waals surface area (Å²) in [7, 11) is 1.63. The first-order chi connectivity index (χ1) is 18.9. The van der Waals surface area contributed by atoms with Crippen LogP contribution in [0.15, 0.2) is 71.7 Å². The van der Waals surface area contributed by atoms with Crippen molar-refractivity contribution in [3.8, 4) is 11.5 Å². The van der Waals surface area contributed by atoms with Crippen molar-refractivity contribution >= 4 is 34.5 Å². The van der Waals surface area contributed by atoms with Crippen molar-refractivity contribution < 1.29 is 19.4 Å². The van der Waals surface area contributed by atoms with Gasteiger partial charge in [-0.05, 0) is 62.1 Å². The molecule has 1 amide bonds. The molecule has 3 atom stereocenters. The number of phenolic OH excluding ortho intramolecular Hbond substituents is 1. The van der Waals surface area contributed by atoms with E-state index < -0.39 is 12.0 Å². The molecule has 7 heteroatoms. The lowest BCUT2D eigenvalue weighted by Gasteiger charge is -2.39. The molecular weight excluding hydrogens is 490 g/mol. The Morgan fingerprint density at radius 3 is 2.41 bits per heavy atom. The number of rotatable bonds is 6. The number of benzene rings is 3. The van der Waals surface area contributed by atoms with E-state index in [0.29, 0.717) is 29.8 Å². The number of hydrogen-bond acceptors (Lipinski definition) is 6. The van der Waals surface area contributed by atoms with Gasteiger partial charge in [-0.25, -0.2) is 0 Å². The van der Waals surface area contributed by atoms with Gasteiger partial charge in [-0.15, -0.1) is 0 Å². The molecule has 0 saturated heterocycles. The van der Waals surface area contributed by atoms with Crippen molar-refractivity contribution in [2.75, 3.05) is 30.0 Å². The predicted octanol–water partition coefficient (Wildman–Crippen LogP) is 6.19. The molecule has 5 rings (SSSR count). The van der Waals surface area contributed by atoms with E-state index in [1.54, 1.807) is 18.1 Å². The van der Waals surface area contributed by atoms with Crippen molar-refractivity contribution in [3.63, 3.8) is 0 Å². The molecule has 7 nitrogen and oxygen atoms in total. The van der Waals surface area contributed by atoms with E-state index in [9.17, 15) is 14.7 Å². The summed E-state index contributed by atoms with van der Waals surface area (Å²) in [6.07, 6.45) is 0.907. The number of carbonyl (C=O) groups is 2. The van der Waals surface area contributed by atoms with Crippen LogP contribution in [0, 0.1) is 5.92 Å². The van der Waals surface area contributed by atoms with Gasteiger partial charge in [0, 0.05) is 49.5 Å². The third-order valence-electron chi connectivity index (χ3n) is 8.00. The Morgan fingerprint density at radius 1 is 1.05 bits per heavy atom. The van der Waals surface area contributed by atoms with Gasteiger partial charge in [0.2, 0.25) is 5.91 Å². The van der Waals surface area contributed by atoms with E-state index in [2.05, 4.69) is 18.7 Å². The van der Waals surface area contributed by atoms with Crippen molar-refractivity contribution in [2.24, 2.45) is 10.9 Å². The van der Waals surface area contributed by atoms with Gasteiger partial charge in [0.05, 0.1) is 30.4 Å². The number of phenols is 1. The summed E-state index contributed by atoms with van der Waals surface area (Å²) in [5, 5.41) is 11.4. The van der Waals surface area contributed by atoms with Crippen LogP contribution in [-0.4, -0.2) is 42.7 Å². The first-order valence-electron chi connectivity index (χ1n) is 13.6. The van der Waals surface area contributed by atoms with Gasteiger partial charge >= 0.3 is 0 Å². The number of anilines is 2. The van der Waals surface area contributed by atoms with E-state index in [1.807, 2.05) is 60.7 Å². The number of nitrogens with zero attached hydrogens (tertiary/aromatic N) is 3. The minimum absolute atomic E-state index is 0.0112. The lowest BCUT2D eigenvalue weighted by molar-refractivity contribution is -0.123. The molecule has 0 aromatic heterocycles.